The lowest BCUT2D eigenvalue weighted by molar-refractivity contribution is -0.135. The van der Waals surface area contributed by atoms with E-state index < -0.39 is 0 Å². The molecule has 0 spiro atoms. The molecule has 1 atom stereocenters. The minimum Gasteiger partial charge on any atom is -0.341 e. The zero-order chi connectivity index (χ0) is 17.6. The molecular formula is C18H26ClFN4O2. The molecule has 144 valence electrons. The number of likely N-dealkylation sites (tertiary alicyclic amines) is 1. The molecule has 1 unspecified atom stereocenters. The Hall–Kier alpha value is -1.86. The van der Waals surface area contributed by atoms with Gasteiger partial charge in [0.05, 0.1) is 6.04 Å². The van der Waals surface area contributed by atoms with E-state index in [1.807, 2.05) is 4.90 Å². The van der Waals surface area contributed by atoms with Crippen LogP contribution in [0.15, 0.2) is 24.3 Å². The fourth-order valence-electron chi connectivity index (χ4n) is 3.41. The highest BCUT2D eigenvalue weighted by molar-refractivity contribution is 5.89. The number of benzene rings is 1. The van der Waals surface area contributed by atoms with Gasteiger partial charge in [0, 0.05) is 24.8 Å². The zero-order valence-electron chi connectivity index (χ0n) is 14.7. The van der Waals surface area contributed by atoms with Crippen molar-refractivity contribution in [3.8, 4) is 0 Å². The molecule has 2 aliphatic heterocycles. The summed E-state index contributed by atoms with van der Waals surface area (Å²) in [5.74, 6) is -0.149. The van der Waals surface area contributed by atoms with Crippen LogP contribution in [0.25, 0.3) is 0 Å². The third kappa shape index (κ3) is 5.57. The summed E-state index contributed by atoms with van der Waals surface area (Å²) in [6.07, 6.45) is 4.64. The fourth-order valence-corrected chi connectivity index (χ4v) is 3.41. The molecular weight excluding hydrogens is 359 g/mol. The number of hydrogen-bond acceptors (Lipinski definition) is 3. The molecule has 2 fully saturated rings. The van der Waals surface area contributed by atoms with Gasteiger partial charge in [-0.3, -0.25) is 4.79 Å². The van der Waals surface area contributed by atoms with Crippen molar-refractivity contribution in [2.24, 2.45) is 0 Å². The molecule has 2 saturated heterocycles. The van der Waals surface area contributed by atoms with Gasteiger partial charge >= 0.3 is 6.03 Å². The van der Waals surface area contributed by atoms with Crippen LogP contribution >= 0.6 is 12.4 Å². The number of urea groups is 1. The monoisotopic (exact) mass is 384 g/mol. The Labute approximate surface area is 159 Å². The molecule has 1 aromatic carbocycles. The van der Waals surface area contributed by atoms with Crippen molar-refractivity contribution in [3.63, 3.8) is 0 Å². The lowest BCUT2D eigenvalue weighted by Crippen LogP contribution is -2.53. The van der Waals surface area contributed by atoms with E-state index in [0.29, 0.717) is 18.8 Å². The molecule has 8 heteroatoms. The Bertz CT molecular complexity index is 600. The standard InChI is InChI=1S/C18H25FN4O2.ClH/c19-13-4-6-14(7-5-13)21-18(25)22-15-8-11-23(12-9-15)17(24)16-3-1-2-10-20-16;/h4-7,15-16,20H,1-3,8-12H2,(H2,21,22,25);1H. The maximum Gasteiger partial charge on any atom is 0.319 e. The molecule has 0 saturated carbocycles. The SMILES string of the molecule is Cl.O=C(Nc1ccc(F)cc1)NC1CCN(C(=O)C2CCCCN2)CC1. The van der Waals surface area contributed by atoms with Crippen molar-refractivity contribution < 1.29 is 14.0 Å². The van der Waals surface area contributed by atoms with Gasteiger partial charge in [0.25, 0.3) is 0 Å². The third-order valence-corrected chi connectivity index (χ3v) is 4.85. The van der Waals surface area contributed by atoms with Crippen LogP contribution in [-0.4, -0.2) is 48.6 Å². The molecule has 1 aromatic rings. The molecule has 0 bridgehead atoms. The lowest BCUT2D eigenvalue weighted by Gasteiger charge is -2.35. The van der Waals surface area contributed by atoms with Crippen molar-refractivity contribution in [1.82, 2.24) is 15.5 Å². The van der Waals surface area contributed by atoms with Crippen LogP contribution in [0.2, 0.25) is 0 Å². The minimum atomic E-state index is -0.338. The van der Waals surface area contributed by atoms with E-state index in [0.717, 1.165) is 38.6 Å². The highest BCUT2D eigenvalue weighted by Crippen LogP contribution is 2.16. The van der Waals surface area contributed by atoms with Crippen molar-refractivity contribution in [2.45, 2.75) is 44.2 Å². The zero-order valence-corrected chi connectivity index (χ0v) is 15.5. The number of nitrogens with zero attached hydrogens (tertiary/aromatic N) is 1. The summed E-state index contributed by atoms with van der Waals surface area (Å²) in [6, 6.07) is 5.35. The predicted octanol–water partition coefficient (Wildman–Crippen LogP) is 2.50. The maximum absolute atomic E-state index is 12.9. The summed E-state index contributed by atoms with van der Waals surface area (Å²) in [5.41, 5.74) is 0.551. The summed E-state index contributed by atoms with van der Waals surface area (Å²) >= 11 is 0. The number of carbonyl (C=O) groups excluding carboxylic acids is 2. The molecule has 3 N–H and O–H groups in total. The average molecular weight is 385 g/mol. The largest absolute Gasteiger partial charge is 0.341 e. The Balaban J connectivity index is 0.00000243. The molecule has 0 aliphatic carbocycles. The Morgan fingerprint density at radius 1 is 1.08 bits per heavy atom. The van der Waals surface area contributed by atoms with E-state index in [1.54, 1.807) is 0 Å². The first kappa shape index (κ1) is 20.5. The average Bonchev–Trinajstić information content (AvgIpc) is 2.64. The first-order valence-electron chi connectivity index (χ1n) is 8.97. The van der Waals surface area contributed by atoms with Gasteiger partial charge in [-0.15, -0.1) is 12.4 Å². The number of anilines is 1. The van der Waals surface area contributed by atoms with Gasteiger partial charge in [0.1, 0.15) is 5.82 Å². The van der Waals surface area contributed by atoms with Gasteiger partial charge in [-0.2, -0.15) is 0 Å². The number of carbonyl (C=O) groups is 2. The Morgan fingerprint density at radius 3 is 2.38 bits per heavy atom. The van der Waals surface area contributed by atoms with Gasteiger partial charge in [-0.05, 0) is 56.5 Å². The van der Waals surface area contributed by atoms with E-state index in [9.17, 15) is 14.0 Å². The van der Waals surface area contributed by atoms with Gasteiger partial charge in [0.15, 0.2) is 0 Å². The molecule has 0 radical (unpaired) electrons. The summed E-state index contributed by atoms with van der Waals surface area (Å²) < 4.78 is 12.9. The van der Waals surface area contributed by atoms with Crippen molar-refractivity contribution in [2.75, 3.05) is 25.0 Å². The molecule has 2 heterocycles. The van der Waals surface area contributed by atoms with Crippen LogP contribution in [0.5, 0.6) is 0 Å². The first-order chi connectivity index (χ1) is 12.1. The van der Waals surface area contributed by atoms with E-state index >= 15 is 0 Å². The van der Waals surface area contributed by atoms with E-state index in [2.05, 4.69) is 16.0 Å². The number of rotatable bonds is 3. The second-order valence-electron chi connectivity index (χ2n) is 6.71. The van der Waals surface area contributed by atoms with E-state index in [1.165, 1.54) is 24.3 Å². The summed E-state index contributed by atoms with van der Waals surface area (Å²) in [4.78, 5) is 26.4. The predicted molar refractivity (Wildman–Crippen MR) is 101 cm³/mol. The highest BCUT2D eigenvalue weighted by Gasteiger charge is 2.29. The molecule has 0 aromatic heterocycles. The number of nitrogens with one attached hydrogen (secondary N) is 3. The number of amides is 3. The normalized spacial score (nSPS) is 20.8. The molecule has 2 aliphatic rings. The van der Waals surface area contributed by atoms with Crippen LogP contribution in [0.1, 0.15) is 32.1 Å². The van der Waals surface area contributed by atoms with Crippen molar-refractivity contribution in [1.29, 1.82) is 0 Å². The lowest BCUT2D eigenvalue weighted by atomic mass is 10.0. The van der Waals surface area contributed by atoms with Gasteiger partial charge in [-0.1, -0.05) is 6.42 Å². The van der Waals surface area contributed by atoms with E-state index in [-0.39, 0.29) is 42.2 Å². The van der Waals surface area contributed by atoms with Crippen LogP contribution in [0, 0.1) is 5.82 Å². The van der Waals surface area contributed by atoms with Crippen molar-refractivity contribution in [3.05, 3.63) is 30.1 Å². The highest BCUT2D eigenvalue weighted by atomic mass is 35.5. The van der Waals surface area contributed by atoms with Gasteiger partial charge < -0.3 is 20.9 Å². The molecule has 26 heavy (non-hydrogen) atoms. The second-order valence-corrected chi connectivity index (χ2v) is 6.71. The Morgan fingerprint density at radius 2 is 1.77 bits per heavy atom. The number of halogens is 2. The maximum atomic E-state index is 12.9. The van der Waals surface area contributed by atoms with Crippen molar-refractivity contribution >= 4 is 30.0 Å². The van der Waals surface area contributed by atoms with E-state index in [4.69, 9.17) is 0 Å². The quantitative estimate of drug-likeness (QED) is 0.749. The number of hydrogen-bond donors (Lipinski definition) is 3. The Kier molecular flexibility index (Phi) is 7.66. The van der Waals surface area contributed by atoms with Crippen LogP contribution < -0.4 is 16.0 Å². The second kappa shape index (κ2) is 9.73. The topological polar surface area (TPSA) is 73.5 Å². The molecule has 3 amide bonds. The molecule has 6 nitrogen and oxygen atoms in total. The molecule has 3 rings (SSSR count). The van der Waals surface area contributed by atoms with Crippen LogP contribution in [0.3, 0.4) is 0 Å². The smallest absolute Gasteiger partial charge is 0.319 e. The van der Waals surface area contributed by atoms with Crippen LogP contribution in [-0.2, 0) is 4.79 Å². The third-order valence-electron chi connectivity index (χ3n) is 4.85. The summed E-state index contributed by atoms with van der Waals surface area (Å²) in [5, 5.41) is 8.91. The minimum absolute atomic E-state index is 0. The first-order valence-corrected chi connectivity index (χ1v) is 8.97. The summed E-state index contributed by atoms with van der Waals surface area (Å²) in [6.45, 7) is 2.25. The fraction of sp³-hybridized carbons (Fsp3) is 0.556. The number of piperidine rings is 2. The van der Waals surface area contributed by atoms with Gasteiger partial charge in [-0.25, -0.2) is 9.18 Å². The van der Waals surface area contributed by atoms with Crippen LogP contribution in [0.4, 0.5) is 14.9 Å². The van der Waals surface area contributed by atoms with Gasteiger partial charge in [0.2, 0.25) is 5.91 Å². The summed E-state index contributed by atoms with van der Waals surface area (Å²) in [7, 11) is 0.